The molecule has 1 heterocycles. The molecule has 0 radical (unpaired) electrons. The largest absolute Gasteiger partial charge is 0.381 e. The Balaban J connectivity index is 1.61. The quantitative estimate of drug-likeness (QED) is 0.428. The summed E-state index contributed by atoms with van der Waals surface area (Å²) in [6.07, 6.45) is 2.07. The van der Waals surface area contributed by atoms with E-state index in [9.17, 15) is 0 Å². The van der Waals surface area contributed by atoms with E-state index in [0.29, 0.717) is 5.92 Å². The highest BCUT2D eigenvalue weighted by Crippen LogP contribution is 2.17. The number of nitrogens with one attached hydrogen (secondary N) is 2. The fourth-order valence-electron chi connectivity index (χ4n) is 2.60. The van der Waals surface area contributed by atoms with E-state index < -0.39 is 0 Å². The lowest BCUT2D eigenvalue weighted by Gasteiger charge is -2.18. The molecule has 0 aliphatic carbocycles. The molecule has 0 amide bonds. The number of nitrogens with zero attached hydrogens (tertiary/aromatic N) is 1. The molecule has 1 fully saturated rings. The summed E-state index contributed by atoms with van der Waals surface area (Å²) in [6.45, 7) is 6.19. The zero-order valence-electron chi connectivity index (χ0n) is 14.6. The number of guanidine groups is 1. The summed E-state index contributed by atoms with van der Waals surface area (Å²) in [5.41, 5.74) is 1.13. The van der Waals surface area contributed by atoms with Crippen molar-refractivity contribution in [1.29, 1.82) is 0 Å². The van der Waals surface area contributed by atoms with Crippen molar-refractivity contribution in [3.05, 3.63) is 34.9 Å². The summed E-state index contributed by atoms with van der Waals surface area (Å²) < 4.78 is 11.0. The van der Waals surface area contributed by atoms with Crippen LogP contribution in [0, 0.1) is 5.92 Å². The zero-order valence-corrected chi connectivity index (χ0v) is 15.3. The molecule has 134 valence electrons. The molecule has 0 spiro atoms. The third-order valence-corrected chi connectivity index (χ3v) is 4.30. The standard InChI is InChI=1S/C18H28ClN3O2/c1-14(16-5-3-6-17(19)11-16)22-18(20-2)21-8-4-9-23-12-15-7-10-24-13-15/h3,5-6,11,14-15H,4,7-10,12-13H2,1-2H3,(H2,20,21,22). The molecule has 24 heavy (non-hydrogen) atoms. The van der Waals surface area contributed by atoms with Crippen LogP contribution in [0.4, 0.5) is 0 Å². The summed E-state index contributed by atoms with van der Waals surface area (Å²) in [5, 5.41) is 7.43. The molecule has 0 saturated carbocycles. The van der Waals surface area contributed by atoms with Gasteiger partial charge in [0, 0.05) is 37.7 Å². The summed E-state index contributed by atoms with van der Waals surface area (Å²) in [6, 6.07) is 7.99. The minimum absolute atomic E-state index is 0.133. The number of aliphatic imine (C=N–C) groups is 1. The fraction of sp³-hybridized carbons (Fsp3) is 0.611. The van der Waals surface area contributed by atoms with Gasteiger partial charge in [0.15, 0.2) is 5.96 Å². The van der Waals surface area contributed by atoms with Crippen LogP contribution in [0.5, 0.6) is 0 Å². The lowest BCUT2D eigenvalue weighted by atomic mass is 10.1. The van der Waals surface area contributed by atoms with Crippen LogP contribution in [0.15, 0.2) is 29.3 Å². The van der Waals surface area contributed by atoms with Crippen LogP contribution < -0.4 is 10.6 Å². The van der Waals surface area contributed by atoms with Crippen molar-refractivity contribution in [2.45, 2.75) is 25.8 Å². The lowest BCUT2D eigenvalue weighted by Crippen LogP contribution is -2.39. The minimum atomic E-state index is 0.133. The highest BCUT2D eigenvalue weighted by atomic mass is 35.5. The number of benzene rings is 1. The van der Waals surface area contributed by atoms with Gasteiger partial charge in [0.2, 0.25) is 0 Å². The van der Waals surface area contributed by atoms with Gasteiger partial charge in [-0.15, -0.1) is 0 Å². The molecule has 0 aromatic heterocycles. The van der Waals surface area contributed by atoms with E-state index in [1.807, 2.05) is 18.2 Å². The SMILES string of the molecule is CN=C(NCCCOCC1CCOC1)NC(C)c1cccc(Cl)c1. The topological polar surface area (TPSA) is 54.9 Å². The molecule has 1 aromatic carbocycles. The van der Waals surface area contributed by atoms with E-state index in [2.05, 4.69) is 28.6 Å². The number of halogens is 1. The normalized spacial score (nSPS) is 19.3. The van der Waals surface area contributed by atoms with Crippen LogP contribution in [0.1, 0.15) is 31.4 Å². The lowest BCUT2D eigenvalue weighted by molar-refractivity contribution is 0.0888. The van der Waals surface area contributed by atoms with Crippen LogP contribution in [0.2, 0.25) is 5.02 Å². The van der Waals surface area contributed by atoms with Gasteiger partial charge in [-0.3, -0.25) is 4.99 Å². The van der Waals surface area contributed by atoms with Gasteiger partial charge in [-0.25, -0.2) is 0 Å². The monoisotopic (exact) mass is 353 g/mol. The summed E-state index contributed by atoms with van der Waals surface area (Å²) in [7, 11) is 1.77. The summed E-state index contributed by atoms with van der Waals surface area (Å²) in [4.78, 5) is 4.26. The van der Waals surface area contributed by atoms with Crippen molar-refractivity contribution in [3.8, 4) is 0 Å². The average Bonchev–Trinajstić information content (AvgIpc) is 3.10. The van der Waals surface area contributed by atoms with Crippen molar-refractivity contribution in [2.75, 3.05) is 40.0 Å². The van der Waals surface area contributed by atoms with Gasteiger partial charge in [-0.05, 0) is 37.5 Å². The highest BCUT2D eigenvalue weighted by Gasteiger charge is 2.15. The Morgan fingerprint density at radius 3 is 3.08 bits per heavy atom. The first-order valence-corrected chi connectivity index (χ1v) is 8.95. The molecule has 6 heteroatoms. The molecule has 1 aliphatic heterocycles. The van der Waals surface area contributed by atoms with Gasteiger partial charge >= 0.3 is 0 Å². The van der Waals surface area contributed by atoms with Crippen LogP contribution in [0.3, 0.4) is 0 Å². The van der Waals surface area contributed by atoms with Crippen molar-refractivity contribution in [1.82, 2.24) is 10.6 Å². The molecule has 2 N–H and O–H groups in total. The van der Waals surface area contributed by atoms with E-state index in [0.717, 1.165) is 62.4 Å². The molecule has 2 rings (SSSR count). The third-order valence-electron chi connectivity index (χ3n) is 4.06. The fourth-order valence-corrected chi connectivity index (χ4v) is 2.80. The Morgan fingerprint density at radius 1 is 1.50 bits per heavy atom. The van der Waals surface area contributed by atoms with E-state index in [1.54, 1.807) is 7.05 Å². The predicted octanol–water partition coefficient (Wildman–Crippen LogP) is 3.01. The van der Waals surface area contributed by atoms with E-state index in [4.69, 9.17) is 21.1 Å². The molecular formula is C18H28ClN3O2. The maximum Gasteiger partial charge on any atom is 0.191 e. The highest BCUT2D eigenvalue weighted by molar-refractivity contribution is 6.30. The zero-order chi connectivity index (χ0) is 17.2. The smallest absolute Gasteiger partial charge is 0.191 e. The van der Waals surface area contributed by atoms with Gasteiger partial charge in [-0.1, -0.05) is 23.7 Å². The van der Waals surface area contributed by atoms with Gasteiger partial charge in [-0.2, -0.15) is 0 Å². The molecule has 2 unspecified atom stereocenters. The molecule has 1 saturated heterocycles. The van der Waals surface area contributed by atoms with E-state index >= 15 is 0 Å². The van der Waals surface area contributed by atoms with Crippen LogP contribution >= 0.6 is 11.6 Å². The first-order chi connectivity index (χ1) is 11.7. The maximum absolute atomic E-state index is 6.04. The summed E-state index contributed by atoms with van der Waals surface area (Å²) in [5.74, 6) is 1.36. The van der Waals surface area contributed by atoms with Crippen LogP contribution in [0.25, 0.3) is 0 Å². The second-order valence-electron chi connectivity index (χ2n) is 6.08. The number of hydrogen-bond donors (Lipinski definition) is 2. The molecule has 2 atom stereocenters. The number of hydrogen-bond acceptors (Lipinski definition) is 3. The van der Waals surface area contributed by atoms with Gasteiger partial charge in [0.1, 0.15) is 0 Å². The summed E-state index contributed by atoms with van der Waals surface area (Å²) >= 11 is 6.04. The molecule has 5 nitrogen and oxygen atoms in total. The van der Waals surface area contributed by atoms with Crippen LogP contribution in [-0.2, 0) is 9.47 Å². The Hall–Kier alpha value is -1.30. The Kier molecular flexibility index (Phi) is 8.36. The van der Waals surface area contributed by atoms with Gasteiger partial charge in [0.25, 0.3) is 0 Å². The van der Waals surface area contributed by atoms with Crippen molar-refractivity contribution in [3.63, 3.8) is 0 Å². The van der Waals surface area contributed by atoms with E-state index in [1.165, 1.54) is 0 Å². The molecule has 1 aliphatic rings. The van der Waals surface area contributed by atoms with Gasteiger partial charge < -0.3 is 20.1 Å². The minimum Gasteiger partial charge on any atom is -0.381 e. The number of ether oxygens (including phenoxy) is 2. The molecule has 1 aromatic rings. The average molecular weight is 354 g/mol. The van der Waals surface area contributed by atoms with Gasteiger partial charge in [0.05, 0.1) is 19.3 Å². The van der Waals surface area contributed by atoms with Crippen molar-refractivity contribution < 1.29 is 9.47 Å². The Morgan fingerprint density at radius 2 is 2.38 bits per heavy atom. The van der Waals surface area contributed by atoms with Crippen LogP contribution in [-0.4, -0.2) is 46.0 Å². The second kappa shape index (κ2) is 10.5. The predicted molar refractivity (Wildman–Crippen MR) is 98.7 cm³/mol. The van der Waals surface area contributed by atoms with Crippen molar-refractivity contribution in [2.24, 2.45) is 10.9 Å². The Bertz CT molecular complexity index is 519. The Labute approximate surface area is 149 Å². The number of rotatable bonds is 8. The maximum atomic E-state index is 6.04. The second-order valence-corrected chi connectivity index (χ2v) is 6.51. The van der Waals surface area contributed by atoms with Crippen molar-refractivity contribution >= 4 is 17.6 Å². The first kappa shape index (κ1) is 19.0. The molecular weight excluding hydrogens is 326 g/mol. The molecule has 0 bridgehead atoms. The first-order valence-electron chi connectivity index (χ1n) is 8.57. The third kappa shape index (κ3) is 6.67. The van der Waals surface area contributed by atoms with E-state index in [-0.39, 0.29) is 6.04 Å².